The van der Waals surface area contributed by atoms with Crippen LogP contribution in [0.2, 0.25) is 0 Å². The lowest BCUT2D eigenvalue weighted by Gasteiger charge is -2.45. The Balaban J connectivity index is 2.16. The molecule has 0 radical (unpaired) electrons. The molecular weight excluding hydrogens is 524 g/mol. The number of carbonyl (C=O) groups is 2. The lowest BCUT2D eigenvalue weighted by molar-refractivity contribution is -0.193. The van der Waals surface area contributed by atoms with Crippen LogP contribution in [0.4, 0.5) is 0 Å². The van der Waals surface area contributed by atoms with Gasteiger partial charge in [-0.25, -0.2) is 0 Å². The zero-order chi connectivity index (χ0) is 28.8. The standard InChI is InChI=1S/C28H40N2O8S/c1-4-6-12-28(5-2)18-39(36,37)24-13-20(17-29-21(14-25(31)32)15-26(33)34)23(38-3)16-22(24)27(30(28)35)19-10-8-7-9-11-19/h7-11,13,16,21,27,29,35-37H,4-6,12,14-15,17-18H2,1-3H3,(H,31,32)(H,33,34)/t27-,28-/m1/s1. The first-order valence-corrected chi connectivity index (χ1v) is 14.9. The first kappa shape index (κ1) is 30.9. The summed E-state index contributed by atoms with van der Waals surface area (Å²) in [5, 5.41) is 34.5. The number of ether oxygens (including phenoxy) is 1. The normalized spacial score (nSPS) is 21.7. The Bertz CT molecular complexity index is 1130. The fourth-order valence-electron chi connectivity index (χ4n) is 5.35. The third-order valence-corrected chi connectivity index (χ3v) is 9.45. The predicted molar refractivity (Wildman–Crippen MR) is 149 cm³/mol. The molecule has 39 heavy (non-hydrogen) atoms. The fourth-order valence-corrected chi connectivity index (χ4v) is 7.61. The quantitative estimate of drug-likeness (QED) is 0.187. The van der Waals surface area contributed by atoms with Crippen molar-refractivity contribution in [2.45, 2.75) is 81.4 Å². The second-order valence-corrected chi connectivity index (χ2v) is 12.2. The van der Waals surface area contributed by atoms with Crippen LogP contribution in [-0.2, 0) is 16.1 Å². The SMILES string of the molecule is CCCC[C@]1(CC)CS(O)(O)c2cc(CNC(CC(=O)O)CC(=O)O)c(OC)cc2[C@@H](c2ccccc2)N1O. The smallest absolute Gasteiger partial charge is 0.304 e. The van der Waals surface area contributed by atoms with Gasteiger partial charge in [0.1, 0.15) is 5.75 Å². The van der Waals surface area contributed by atoms with Crippen molar-refractivity contribution in [2.24, 2.45) is 0 Å². The number of rotatable bonds is 13. The monoisotopic (exact) mass is 564 g/mol. The van der Waals surface area contributed by atoms with Crippen molar-refractivity contribution < 1.29 is 38.9 Å². The highest BCUT2D eigenvalue weighted by atomic mass is 32.3. The summed E-state index contributed by atoms with van der Waals surface area (Å²) >= 11 is 0. The summed E-state index contributed by atoms with van der Waals surface area (Å²) in [6.07, 6.45) is 1.97. The van der Waals surface area contributed by atoms with Crippen LogP contribution in [0.15, 0.2) is 47.4 Å². The largest absolute Gasteiger partial charge is 0.496 e. The first-order chi connectivity index (χ1) is 18.5. The average molecular weight is 565 g/mol. The minimum absolute atomic E-state index is 0.0464. The van der Waals surface area contributed by atoms with E-state index in [4.69, 9.17) is 4.74 Å². The van der Waals surface area contributed by atoms with Gasteiger partial charge in [-0.05, 0) is 30.5 Å². The van der Waals surface area contributed by atoms with Gasteiger partial charge in [-0.1, -0.05) is 57.0 Å². The van der Waals surface area contributed by atoms with Crippen molar-refractivity contribution in [3.05, 3.63) is 59.2 Å². The number of aliphatic carboxylic acids is 2. The number of nitrogens with one attached hydrogen (secondary N) is 1. The molecule has 1 aliphatic rings. The Hall–Kier alpha value is -2.67. The molecular formula is C28H40N2O8S. The van der Waals surface area contributed by atoms with Crippen molar-refractivity contribution in [3.63, 3.8) is 0 Å². The van der Waals surface area contributed by atoms with E-state index in [0.29, 0.717) is 29.7 Å². The number of unbranched alkanes of at least 4 members (excludes halogenated alkanes) is 1. The maximum atomic E-state index is 11.9. The molecule has 0 saturated heterocycles. The fraction of sp³-hybridized carbons (Fsp3) is 0.500. The number of methoxy groups -OCH3 is 1. The molecule has 3 rings (SSSR count). The number of hydroxylamine groups is 2. The third kappa shape index (κ3) is 7.10. The van der Waals surface area contributed by atoms with Crippen LogP contribution in [0.1, 0.15) is 75.1 Å². The van der Waals surface area contributed by atoms with E-state index < -0.39 is 40.2 Å². The molecule has 2 atom stereocenters. The highest BCUT2D eigenvalue weighted by Gasteiger charge is 2.48. The molecule has 11 heteroatoms. The number of benzene rings is 2. The molecule has 0 aromatic heterocycles. The highest BCUT2D eigenvalue weighted by molar-refractivity contribution is 8.24. The Morgan fingerprint density at radius 2 is 1.77 bits per heavy atom. The zero-order valence-corrected chi connectivity index (χ0v) is 23.5. The number of hydrogen-bond donors (Lipinski definition) is 6. The van der Waals surface area contributed by atoms with Crippen LogP contribution >= 0.6 is 10.6 Å². The topological polar surface area (TPSA) is 160 Å². The van der Waals surface area contributed by atoms with Gasteiger partial charge in [0, 0.05) is 23.7 Å². The third-order valence-electron chi connectivity index (χ3n) is 7.45. The Labute approximate surface area is 230 Å². The summed E-state index contributed by atoms with van der Waals surface area (Å²) < 4.78 is 28.9. The molecule has 0 amide bonds. The van der Waals surface area contributed by atoms with E-state index in [9.17, 15) is 34.1 Å². The maximum absolute atomic E-state index is 11.9. The van der Waals surface area contributed by atoms with E-state index >= 15 is 0 Å². The van der Waals surface area contributed by atoms with E-state index in [1.54, 1.807) is 12.1 Å². The van der Waals surface area contributed by atoms with E-state index in [1.165, 1.54) is 12.2 Å². The molecule has 10 nitrogen and oxygen atoms in total. The average Bonchev–Trinajstić information content (AvgIpc) is 2.96. The summed E-state index contributed by atoms with van der Waals surface area (Å²) in [6, 6.07) is 11.2. The summed E-state index contributed by atoms with van der Waals surface area (Å²) in [6.45, 7) is 4.04. The Morgan fingerprint density at radius 3 is 2.31 bits per heavy atom. The Morgan fingerprint density at radius 1 is 1.13 bits per heavy atom. The number of nitrogens with zero attached hydrogens (tertiary/aromatic N) is 1. The van der Waals surface area contributed by atoms with Gasteiger partial charge in [0.25, 0.3) is 0 Å². The van der Waals surface area contributed by atoms with Crippen LogP contribution in [0, 0.1) is 0 Å². The number of carboxylic acid groups (broad SMARTS) is 2. The maximum Gasteiger partial charge on any atom is 0.304 e. The van der Waals surface area contributed by atoms with Gasteiger partial charge in [0.05, 0.1) is 42.2 Å². The molecule has 216 valence electrons. The van der Waals surface area contributed by atoms with Crippen LogP contribution in [0.3, 0.4) is 0 Å². The van der Waals surface area contributed by atoms with Crippen molar-refractivity contribution in [2.75, 3.05) is 12.9 Å². The number of hydrogen-bond acceptors (Lipinski definition) is 8. The molecule has 0 spiro atoms. The highest BCUT2D eigenvalue weighted by Crippen LogP contribution is 2.60. The molecule has 2 aromatic carbocycles. The second kappa shape index (κ2) is 13.1. The van der Waals surface area contributed by atoms with Crippen LogP contribution < -0.4 is 10.1 Å². The van der Waals surface area contributed by atoms with Gasteiger partial charge in [-0.3, -0.25) is 18.7 Å². The summed E-state index contributed by atoms with van der Waals surface area (Å²) in [7, 11) is -1.93. The van der Waals surface area contributed by atoms with E-state index in [-0.39, 0.29) is 30.0 Å². The van der Waals surface area contributed by atoms with Gasteiger partial charge < -0.3 is 25.5 Å². The van der Waals surface area contributed by atoms with E-state index in [1.807, 2.05) is 37.3 Å². The van der Waals surface area contributed by atoms with Gasteiger partial charge in [0.15, 0.2) is 0 Å². The van der Waals surface area contributed by atoms with Crippen molar-refractivity contribution in [1.29, 1.82) is 0 Å². The number of carboxylic acids is 2. The first-order valence-electron chi connectivity index (χ1n) is 13.1. The van der Waals surface area contributed by atoms with Crippen molar-refractivity contribution in [1.82, 2.24) is 10.4 Å². The van der Waals surface area contributed by atoms with Crippen LogP contribution in [0.5, 0.6) is 5.75 Å². The van der Waals surface area contributed by atoms with Gasteiger partial charge in [-0.2, -0.15) is 15.7 Å². The molecule has 0 saturated carbocycles. The van der Waals surface area contributed by atoms with Crippen molar-refractivity contribution >= 4 is 22.5 Å². The van der Waals surface area contributed by atoms with Gasteiger partial charge >= 0.3 is 11.9 Å². The molecule has 0 fully saturated rings. The molecule has 2 aromatic rings. The summed E-state index contributed by atoms with van der Waals surface area (Å²) in [4.78, 5) is 22.8. The molecule has 1 aliphatic heterocycles. The lowest BCUT2D eigenvalue weighted by Crippen LogP contribution is -2.50. The summed E-state index contributed by atoms with van der Waals surface area (Å²) in [5.74, 6) is -1.92. The number of fused-ring (bicyclic) bond motifs is 1. The predicted octanol–water partition coefficient (Wildman–Crippen LogP) is 5.35. The molecule has 0 unspecified atom stereocenters. The Kier molecular flexibility index (Phi) is 10.4. The molecule has 1 heterocycles. The van der Waals surface area contributed by atoms with E-state index in [0.717, 1.165) is 18.4 Å². The molecule has 0 aliphatic carbocycles. The second-order valence-electron chi connectivity index (χ2n) is 10.1. The van der Waals surface area contributed by atoms with Crippen molar-refractivity contribution in [3.8, 4) is 5.75 Å². The van der Waals surface area contributed by atoms with Gasteiger partial charge in [0.2, 0.25) is 0 Å². The van der Waals surface area contributed by atoms with Crippen LogP contribution in [-0.4, -0.2) is 66.0 Å². The minimum Gasteiger partial charge on any atom is -0.496 e. The van der Waals surface area contributed by atoms with Gasteiger partial charge in [-0.15, -0.1) is 0 Å². The molecule has 0 bridgehead atoms. The zero-order valence-electron chi connectivity index (χ0n) is 22.7. The minimum atomic E-state index is -3.40. The van der Waals surface area contributed by atoms with Crippen LogP contribution in [0.25, 0.3) is 0 Å². The van der Waals surface area contributed by atoms with E-state index in [2.05, 4.69) is 12.2 Å². The lowest BCUT2D eigenvalue weighted by atomic mass is 9.87. The molecule has 6 N–H and O–H groups in total. The summed E-state index contributed by atoms with van der Waals surface area (Å²) in [5.41, 5.74) is 0.909.